The summed E-state index contributed by atoms with van der Waals surface area (Å²) in [5.74, 6) is 2.32. The topological polar surface area (TPSA) is 73.6 Å². The van der Waals surface area contributed by atoms with Gasteiger partial charge in [-0.1, -0.05) is 17.3 Å². The monoisotopic (exact) mass is 352 g/mol. The molecule has 2 aromatic carbocycles. The molecule has 0 aliphatic carbocycles. The number of hydrogen-bond acceptors (Lipinski definition) is 5. The molecule has 0 saturated carbocycles. The van der Waals surface area contributed by atoms with E-state index in [2.05, 4.69) is 10.5 Å². The van der Waals surface area contributed by atoms with Crippen LogP contribution in [0.1, 0.15) is 28.6 Å². The highest BCUT2D eigenvalue weighted by molar-refractivity contribution is 6.03. The third-order valence-corrected chi connectivity index (χ3v) is 3.60. The van der Waals surface area contributed by atoms with Gasteiger partial charge in [0, 0.05) is 11.6 Å². The fraction of sp³-hybridized carbons (Fsp3) is 0.200. The minimum absolute atomic E-state index is 0.249. The summed E-state index contributed by atoms with van der Waals surface area (Å²) in [6.07, 6.45) is 0. The fourth-order valence-corrected chi connectivity index (χ4v) is 2.38. The highest BCUT2D eigenvalue weighted by atomic mass is 16.5. The summed E-state index contributed by atoms with van der Waals surface area (Å²) in [5, 5.41) is 6.46. The molecule has 1 heterocycles. The van der Waals surface area contributed by atoms with Gasteiger partial charge in [-0.3, -0.25) is 4.79 Å². The van der Waals surface area contributed by atoms with E-state index in [9.17, 15) is 4.79 Å². The summed E-state index contributed by atoms with van der Waals surface area (Å²) >= 11 is 0. The molecule has 0 saturated heterocycles. The molecule has 0 bridgehead atoms. The molecule has 3 aromatic rings. The fourth-order valence-electron chi connectivity index (χ4n) is 2.38. The second kappa shape index (κ2) is 8.20. The summed E-state index contributed by atoms with van der Waals surface area (Å²) in [6, 6.07) is 16.4. The van der Waals surface area contributed by atoms with E-state index in [-0.39, 0.29) is 5.91 Å². The Balaban J connectivity index is 1.60. The summed E-state index contributed by atoms with van der Waals surface area (Å²) in [4.78, 5) is 12.3. The largest absolute Gasteiger partial charge is 0.494 e. The summed E-state index contributed by atoms with van der Waals surface area (Å²) in [6.45, 7) is 4.69. The first-order chi connectivity index (χ1) is 12.6. The Morgan fingerprint density at radius 2 is 1.81 bits per heavy atom. The first kappa shape index (κ1) is 17.5. The van der Waals surface area contributed by atoms with Gasteiger partial charge in [0.15, 0.2) is 5.82 Å². The number of aryl methyl sites for hydroxylation is 1. The van der Waals surface area contributed by atoms with Gasteiger partial charge >= 0.3 is 0 Å². The van der Waals surface area contributed by atoms with Gasteiger partial charge in [-0.15, -0.1) is 0 Å². The van der Waals surface area contributed by atoms with Gasteiger partial charge in [-0.05, 0) is 55.8 Å². The van der Waals surface area contributed by atoms with Gasteiger partial charge in [0.2, 0.25) is 0 Å². The lowest BCUT2D eigenvalue weighted by Crippen LogP contribution is -2.12. The maximum atomic E-state index is 12.3. The van der Waals surface area contributed by atoms with E-state index in [1.165, 1.54) is 0 Å². The van der Waals surface area contributed by atoms with Crippen molar-refractivity contribution in [2.45, 2.75) is 20.5 Å². The Hall–Kier alpha value is -3.28. The second-order valence-corrected chi connectivity index (χ2v) is 5.67. The summed E-state index contributed by atoms with van der Waals surface area (Å²) in [5.41, 5.74) is 1.42. The lowest BCUT2D eigenvalue weighted by molar-refractivity contribution is 0.102. The zero-order valence-electron chi connectivity index (χ0n) is 14.7. The van der Waals surface area contributed by atoms with Crippen LogP contribution in [-0.4, -0.2) is 17.7 Å². The molecule has 0 aliphatic rings. The normalized spacial score (nSPS) is 10.4. The molecular formula is C20H20N2O4. The molecule has 6 nitrogen and oxygen atoms in total. The third kappa shape index (κ3) is 4.63. The number of amides is 1. The Labute approximate surface area is 151 Å². The zero-order chi connectivity index (χ0) is 18.4. The molecule has 134 valence electrons. The van der Waals surface area contributed by atoms with Gasteiger partial charge in [0.1, 0.15) is 23.9 Å². The molecule has 0 aliphatic heterocycles. The van der Waals surface area contributed by atoms with E-state index < -0.39 is 0 Å². The van der Waals surface area contributed by atoms with Gasteiger partial charge in [0.05, 0.1) is 6.61 Å². The molecule has 0 unspecified atom stereocenters. The van der Waals surface area contributed by atoms with Crippen LogP contribution in [0.5, 0.6) is 11.5 Å². The molecule has 0 radical (unpaired) electrons. The number of nitrogens with one attached hydrogen (secondary N) is 1. The van der Waals surface area contributed by atoms with E-state index in [0.29, 0.717) is 30.4 Å². The molecule has 0 spiro atoms. The second-order valence-electron chi connectivity index (χ2n) is 5.67. The lowest BCUT2D eigenvalue weighted by atomic mass is 10.1. The van der Waals surface area contributed by atoms with Crippen LogP contribution >= 0.6 is 0 Å². The highest BCUT2D eigenvalue weighted by Gasteiger charge is 2.09. The molecule has 0 atom stereocenters. The van der Waals surface area contributed by atoms with Crippen LogP contribution in [0.2, 0.25) is 0 Å². The molecule has 1 amide bonds. The van der Waals surface area contributed by atoms with E-state index >= 15 is 0 Å². The number of anilines is 1. The van der Waals surface area contributed by atoms with Crippen molar-refractivity contribution in [3.8, 4) is 11.5 Å². The first-order valence-corrected chi connectivity index (χ1v) is 8.33. The van der Waals surface area contributed by atoms with Gasteiger partial charge in [-0.2, -0.15) is 0 Å². The van der Waals surface area contributed by atoms with E-state index in [4.69, 9.17) is 14.0 Å². The number of nitrogens with zero attached hydrogens (tertiary/aromatic N) is 1. The van der Waals surface area contributed by atoms with Crippen molar-refractivity contribution >= 4 is 11.7 Å². The van der Waals surface area contributed by atoms with Gasteiger partial charge in [-0.25, -0.2) is 0 Å². The van der Waals surface area contributed by atoms with Crippen LogP contribution in [-0.2, 0) is 6.61 Å². The summed E-state index contributed by atoms with van der Waals surface area (Å²) < 4.78 is 16.1. The zero-order valence-corrected chi connectivity index (χ0v) is 14.7. The first-order valence-electron chi connectivity index (χ1n) is 8.33. The molecule has 3 rings (SSSR count). The van der Waals surface area contributed by atoms with Crippen LogP contribution in [0.3, 0.4) is 0 Å². The predicted octanol–water partition coefficient (Wildman–Crippen LogP) is 4.21. The maximum absolute atomic E-state index is 12.3. The smallest absolute Gasteiger partial charge is 0.256 e. The Morgan fingerprint density at radius 3 is 2.46 bits per heavy atom. The van der Waals surface area contributed by atoms with Gasteiger partial charge < -0.3 is 19.3 Å². The van der Waals surface area contributed by atoms with Crippen LogP contribution in [0.15, 0.2) is 59.1 Å². The minimum atomic E-state index is -0.249. The van der Waals surface area contributed by atoms with Crippen molar-refractivity contribution in [2.75, 3.05) is 11.9 Å². The third-order valence-electron chi connectivity index (χ3n) is 3.60. The standard InChI is InChI=1S/C20H20N2O4/c1-3-24-17-7-9-18(10-8-17)25-13-15-5-4-6-16(12-15)20(23)21-19-11-14(2)26-22-19/h4-12H,3,13H2,1-2H3,(H,21,22,23). The van der Waals surface area contributed by atoms with Crippen LogP contribution in [0.25, 0.3) is 0 Å². The van der Waals surface area contributed by atoms with Crippen molar-refractivity contribution in [3.63, 3.8) is 0 Å². The molecule has 1 N–H and O–H groups in total. The number of carbonyl (C=O) groups is 1. The van der Waals surface area contributed by atoms with E-state index in [1.807, 2.05) is 43.3 Å². The highest BCUT2D eigenvalue weighted by Crippen LogP contribution is 2.19. The number of hydrogen-bond donors (Lipinski definition) is 1. The lowest BCUT2D eigenvalue weighted by Gasteiger charge is -2.09. The van der Waals surface area contributed by atoms with Crippen molar-refractivity contribution in [1.29, 1.82) is 0 Å². The van der Waals surface area contributed by atoms with Crippen LogP contribution in [0, 0.1) is 6.92 Å². The molecule has 26 heavy (non-hydrogen) atoms. The molecule has 0 fully saturated rings. The average molecular weight is 352 g/mol. The maximum Gasteiger partial charge on any atom is 0.256 e. The number of carbonyl (C=O) groups excluding carboxylic acids is 1. The number of rotatable bonds is 7. The Morgan fingerprint density at radius 1 is 1.08 bits per heavy atom. The quantitative estimate of drug-likeness (QED) is 0.689. The van der Waals surface area contributed by atoms with E-state index in [0.717, 1.165) is 17.1 Å². The SMILES string of the molecule is CCOc1ccc(OCc2cccc(C(=O)Nc3cc(C)on3)c2)cc1. The number of ether oxygens (including phenoxy) is 2. The predicted molar refractivity (Wildman–Crippen MR) is 97.6 cm³/mol. The Bertz CT molecular complexity index is 872. The number of benzene rings is 2. The molecular weight excluding hydrogens is 332 g/mol. The van der Waals surface area contributed by atoms with Crippen molar-refractivity contribution in [2.24, 2.45) is 0 Å². The molecule has 6 heteroatoms. The Kier molecular flexibility index (Phi) is 5.53. The van der Waals surface area contributed by atoms with Crippen molar-refractivity contribution in [1.82, 2.24) is 5.16 Å². The summed E-state index contributed by atoms with van der Waals surface area (Å²) in [7, 11) is 0. The number of aromatic nitrogens is 1. The van der Waals surface area contributed by atoms with Crippen LogP contribution in [0.4, 0.5) is 5.82 Å². The van der Waals surface area contributed by atoms with Crippen molar-refractivity contribution in [3.05, 3.63) is 71.5 Å². The average Bonchev–Trinajstić information content (AvgIpc) is 3.06. The minimum Gasteiger partial charge on any atom is -0.494 e. The van der Waals surface area contributed by atoms with E-state index in [1.54, 1.807) is 25.1 Å². The van der Waals surface area contributed by atoms with Crippen LogP contribution < -0.4 is 14.8 Å². The molecule has 1 aromatic heterocycles. The van der Waals surface area contributed by atoms with Gasteiger partial charge in [0.25, 0.3) is 5.91 Å². The van der Waals surface area contributed by atoms with Crippen molar-refractivity contribution < 1.29 is 18.8 Å².